The van der Waals surface area contributed by atoms with Crippen LogP contribution in [0.1, 0.15) is 19.3 Å². The highest BCUT2D eigenvalue weighted by molar-refractivity contribution is 5.93. The number of hydrogen-bond donors (Lipinski definition) is 10. The fourth-order valence-corrected chi connectivity index (χ4v) is 2.59. The van der Waals surface area contributed by atoms with Crippen LogP contribution in [0.4, 0.5) is 0 Å². The highest BCUT2D eigenvalue weighted by Gasteiger charge is 2.65. The van der Waals surface area contributed by atoms with Crippen molar-refractivity contribution in [2.75, 3.05) is 19.8 Å². The summed E-state index contributed by atoms with van der Waals surface area (Å²) in [6, 6.07) is 0. The van der Waals surface area contributed by atoms with Gasteiger partial charge in [-0.3, -0.25) is 9.59 Å². The van der Waals surface area contributed by atoms with E-state index in [4.69, 9.17) is 20.4 Å². The van der Waals surface area contributed by atoms with Crippen LogP contribution in [0.5, 0.6) is 0 Å². The van der Waals surface area contributed by atoms with E-state index in [1.807, 2.05) is 0 Å². The summed E-state index contributed by atoms with van der Waals surface area (Å²) in [5.41, 5.74) is -5.97. The first-order valence-corrected chi connectivity index (χ1v) is 6.40. The molecule has 0 aromatic carbocycles. The Morgan fingerprint density at radius 3 is 1.36 bits per heavy atom. The van der Waals surface area contributed by atoms with E-state index in [9.17, 15) is 29.7 Å². The normalized spacial score (nSPS) is 13.9. The van der Waals surface area contributed by atoms with Crippen molar-refractivity contribution in [1.82, 2.24) is 18.5 Å². The smallest absolute Gasteiger partial charge is 0.337 e. The van der Waals surface area contributed by atoms with Gasteiger partial charge in [0.05, 0.1) is 5.92 Å². The summed E-state index contributed by atoms with van der Waals surface area (Å²) in [5, 5.41) is 65.2. The largest absolute Gasteiger partial charge is 0.481 e. The van der Waals surface area contributed by atoms with Gasteiger partial charge in [-0.15, -0.1) is 0 Å². The number of aliphatic carboxylic acids is 3. The van der Waals surface area contributed by atoms with Crippen molar-refractivity contribution in [2.45, 2.75) is 24.9 Å². The standard InChI is InChI=1S/C12H20O10.3H3N/c13-4-1-7(8(16)17)12(22,10(20)21)11(2-5-14,3-6-15)9(18)19;;;/h7,13-15,22H,1-6H2,(H,16,17)(H,18,19)(H,20,21);3*1H3. The summed E-state index contributed by atoms with van der Waals surface area (Å²) in [5.74, 6) is -7.97. The van der Waals surface area contributed by atoms with Crippen molar-refractivity contribution < 1.29 is 50.1 Å². The summed E-state index contributed by atoms with van der Waals surface area (Å²) >= 11 is 0. The molecule has 0 aliphatic heterocycles. The molecule has 152 valence electrons. The number of carboxylic acid groups (broad SMARTS) is 3. The lowest BCUT2D eigenvalue weighted by Gasteiger charge is -2.43. The molecule has 0 radical (unpaired) electrons. The Balaban J connectivity index is -0.000000735. The highest BCUT2D eigenvalue weighted by Crippen LogP contribution is 2.45. The third-order valence-electron chi connectivity index (χ3n) is 3.76. The first-order valence-electron chi connectivity index (χ1n) is 6.40. The minimum Gasteiger partial charge on any atom is -0.481 e. The zero-order valence-corrected chi connectivity index (χ0v) is 13.8. The van der Waals surface area contributed by atoms with Crippen LogP contribution in [-0.4, -0.2) is 79.1 Å². The van der Waals surface area contributed by atoms with Crippen LogP contribution in [0, 0.1) is 11.3 Å². The minimum absolute atomic E-state index is 0. The number of carbonyl (C=O) groups is 3. The summed E-state index contributed by atoms with van der Waals surface area (Å²) in [6.07, 6.45) is -2.30. The van der Waals surface area contributed by atoms with E-state index in [-0.39, 0.29) is 18.5 Å². The van der Waals surface area contributed by atoms with Crippen LogP contribution in [0.15, 0.2) is 0 Å². The Labute approximate surface area is 143 Å². The maximum atomic E-state index is 11.6. The molecule has 0 fully saturated rings. The van der Waals surface area contributed by atoms with Crippen LogP contribution >= 0.6 is 0 Å². The van der Waals surface area contributed by atoms with Gasteiger partial charge >= 0.3 is 17.9 Å². The Bertz CT molecular complexity index is 427. The first-order chi connectivity index (χ1) is 10.2. The maximum Gasteiger partial charge on any atom is 0.337 e. The fourth-order valence-electron chi connectivity index (χ4n) is 2.59. The van der Waals surface area contributed by atoms with Gasteiger partial charge in [-0.2, -0.15) is 0 Å². The lowest BCUT2D eigenvalue weighted by atomic mass is 9.61. The average Bonchev–Trinajstić information content (AvgIpc) is 2.42. The molecule has 25 heavy (non-hydrogen) atoms. The van der Waals surface area contributed by atoms with Crippen LogP contribution in [0.2, 0.25) is 0 Å². The van der Waals surface area contributed by atoms with E-state index in [0.29, 0.717) is 0 Å². The predicted octanol–water partition coefficient (Wildman–Crippen LogP) is -1.79. The summed E-state index contributed by atoms with van der Waals surface area (Å²) < 4.78 is 0. The molecule has 0 spiro atoms. The second-order valence-corrected chi connectivity index (χ2v) is 4.81. The average molecular weight is 375 g/mol. The van der Waals surface area contributed by atoms with Crippen molar-refractivity contribution in [3.63, 3.8) is 0 Å². The van der Waals surface area contributed by atoms with Gasteiger partial charge in [0.15, 0.2) is 5.60 Å². The van der Waals surface area contributed by atoms with E-state index in [1.54, 1.807) is 0 Å². The molecule has 0 aromatic rings. The van der Waals surface area contributed by atoms with Crippen LogP contribution in [0.25, 0.3) is 0 Å². The number of carboxylic acids is 3. The number of hydrogen-bond acceptors (Lipinski definition) is 10. The van der Waals surface area contributed by atoms with E-state index >= 15 is 0 Å². The summed E-state index contributed by atoms with van der Waals surface area (Å²) in [7, 11) is 0. The van der Waals surface area contributed by atoms with Crippen molar-refractivity contribution in [2.24, 2.45) is 11.3 Å². The van der Waals surface area contributed by atoms with Gasteiger partial charge < -0.3 is 54.2 Å². The predicted molar refractivity (Wildman–Crippen MR) is 84.0 cm³/mol. The summed E-state index contributed by atoms with van der Waals surface area (Å²) in [6.45, 7) is -2.51. The molecule has 0 aliphatic carbocycles. The molecule has 0 rings (SSSR count). The van der Waals surface area contributed by atoms with Gasteiger partial charge in [0.1, 0.15) is 5.41 Å². The molecule has 0 aromatic heterocycles. The molecule has 0 amide bonds. The lowest BCUT2D eigenvalue weighted by molar-refractivity contribution is -0.209. The van der Waals surface area contributed by atoms with Crippen LogP contribution in [-0.2, 0) is 14.4 Å². The Morgan fingerprint density at radius 1 is 0.760 bits per heavy atom. The van der Waals surface area contributed by atoms with Gasteiger partial charge in [0.25, 0.3) is 0 Å². The van der Waals surface area contributed by atoms with Crippen LogP contribution in [0.3, 0.4) is 0 Å². The Hall–Kier alpha value is -1.87. The topological polar surface area (TPSA) is 298 Å². The third-order valence-corrected chi connectivity index (χ3v) is 3.76. The fraction of sp³-hybridized carbons (Fsp3) is 0.750. The molecule has 0 aliphatic rings. The van der Waals surface area contributed by atoms with Crippen molar-refractivity contribution >= 4 is 17.9 Å². The molecular weight excluding hydrogens is 346 g/mol. The lowest BCUT2D eigenvalue weighted by Crippen LogP contribution is -2.64. The monoisotopic (exact) mass is 375 g/mol. The van der Waals surface area contributed by atoms with E-state index in [0.717, 1.165) is 0 Å². The molecule has 2 unspecified atom stereocenters. The van der Waals surface area contributed by atoms with Crippen LogP contribution < -0.4 is 18.5 Å². The molecule has 2 atom stereocenters. The minimum atomic E-state index is -3.33. The first kappa shape index (κ1) is 31.0. The molecule has 0 saturated heterocycles. The number of rotatable bonds is 11. The molecule has 0 heterocycles. The maximum absolute atomic E-state index is 11.6. The van der Waals surface area contributed by atoms with Gasteiger partial charge in [-0.1, -0.05) is 0 Å². The van der Waals surface area contributed by atoms with Gasteiger partial charge in [-0.25, -0.2) is 4.79 Å². The van der Waals surface area contributed by atoms with Gasteiger partial charge in [0.2, 0.25) is 0 Å². The van der Waals surface area contributed by atoms with Crippen molar-refractivity contribution in [3.8, 4) is 0 Å². The second-order valence-electron chi connectivity index (χ2n) is 4.81. The molecule has 13 heteroatoms. The third kappa shape index (κ3) is 5.57. The summed E-state index contributed by atoms with van der Waals surface area (Å²) in [4.78, 5) is 34.4. The zero-order valence-electron chi connectivity index (χ0n) is 13.8. The van der Waals surface area contributed by atoms with Gasteiger partial charge in [0, 0.05) is 19.8 Å². The van der Waals surface area contributed by atoms with Gasteiger partial charge in [-0.05, 0) is 19.3 Å². The second kappa shape index (κ2) is 12.5. The Kier molecular flexibility index (Phi) is 15.5. The molecule has 0 bridgehead atoms. The molecule has 16 N–H and O–H groups in total. The van der Waals surface area contributed by atoms with E-state index in [2.05, 4.69) is 0 Å². The quantitative estimate of drug-likeness (QED) is 0.191. The van der Waals surface area contributed by atoms with Crippen molar-refractivity contribution in [3.05, 3.63) is 0 Å². The SMILES string of the molecule is N.N.N.O=C(O)C(CCO)C(O)(C(=O)O)C(CCO)(CCO)C(=O)O. The van der Waals surface area contributed by atoms with Crippen molar-refractivity contribution in [1.29, 1.82) is 0 Å². The Morgan fingerprint density at radius 2 is 1.16 bits per heavy atom. The number of aliphatic hydroxyl groups is 4. The van der Waals surface area contributed by atoms with E-state index in [1.165, 1.54) is 0 Å². The molecular formula is C12H29N3O10. The van der Waals surface area contributed by atoms with E-state index < -0.39 is 73.9 Å². The zero-order chi connectivity index (χ0) is 17.6. The highest BCUT2D eigenvalue weighted by atomic mass is 16.4. The molecule has 13 nitrogen and oxygen atoms in total. The molecule has 0 saturated carbocycles. The number of aliphatic hydroxyl groups excluding tert-OH is 3.